The molecule has 7 heteroatoms. The molecule has 1 aliphatic carbocycles. The second-order valence-corrected chi connectivity index (χ2v) is 7.83. The summed E-state index contributed by atoms with van der Waals surface area (Å²) in [7, 11) is 2.69. The number of rotatable bonds is 7. The lowest BCUT2D eigenvalue weighted by Gasteiger charge is -2.20. The second kappa shape index (κ2) is 12.3. The number of hydrogen-bond donors (Lipinski definition) is 0. The van der Waals surface area contributed by atoms with Crippen molar-refractivity contribution in [1.82, 2.24) is 0 Å². The molecular formula is C24H31BO6. The van der Waals surface area contributed by atoms with Crippen LogP contribution in [0.25, 0.3) is 0 Å². The minimum Gasteiger partial charge on any atom is -0.489 e. The first-order chi connectivity index (χ1) is 14.9. The van der Waals surface area contributed by atoms with Gasteiger partial charge in [-0.25, -0.2) is 0 Å². The predicted molar refractivity (Wildman–Crippen MR) is 120 cm³/mol. The van der Waals surface area contributed by atoms with Gasteiger partial charge in [-0.3, -0.25) is 9.59 Å². The fourth-order valence-electron chi connectivity index (χ4n) is 3.54. The first kappa shape index (κ1) is 24.6. The first-order valence-electron chi connectivity index (χ1n) is 10.6. The largest absolute Gasteiger partial charge is 0.489 e. The zero-order valence-corrected chi connectivity index (χ0v) is 18.9. The Kier molecular flexibility index (Phi) is 9.72. The van der Waals surface area contributed by atoms with Crippen molar-refractivity contribution in [1.29, 1.82) is 0 Å². The van der Waals surface area contributed by atoms with Crippen LogP contribution in [-0.2, 0) is 41.4 Å². The summed E-state index contributed by atoms with van der Waals surface area (Å²) in [5.74, 6) is -0.769. The van der Waals surface area contributed by atoms with E-state index in [1.807, 2.05) is 24.3 Å². The molecule has 1 fully saturated rings. The van der Waals surface area contributed by atoms with Gasteiger partial charge in [0.25, 0.3) is 0 Å². The molecule has 0 N–H and O–H groups in total. The highest BCUT2D eigenvalue weighted by molar-refractivity contribution is 6.57. The average Bonchev–Trinajstić information content (AvgIpc) is 2.78. The first-order valence-corrected chi connectivity index (χ1v) is 10.6. The van der Waals surface area contributed by atoms with E-state index < -0.39 is 0 Å². The molecule has 1 heterocycles. The predicted octanol–water partition coefficient (Wildman–Crippen LogP) is 3.47. The van der Waals surface area contributed by atoms with E-state index in [4.69, 9.17) is 14.2 Å². The van der Waals surface area contributed by atoms with Crippen LogP contribution >= 0.6 is 0 Å². The molecule has 1 aromatic rings. The Morgan fingerprint density at radius 1 is 1.03 bits per heavy atom. The van der Waals surface area contributed by atoms with Crippen molar-refractivity contribution in [2.45, 2.75) is 45.6 Å². The summed E-state index contributed by atoms with van der Waals surface area (Å²) in [6, 6.07) is 7.66. The Balaban J connectivity index is 0.000000412. The maximum absolute atomic E-state index is 12.6. The van der Waals surface area contributed by atoms with Crippen LogP contribution in [0, 0.1) is 0 Å². The van der Waals surface area contributed by atoms with E-state index >= 15 is 0 Å². The van der Waals surface area contributed by atoms with E-state index in [0.29, 0.717) is 30.4 Å². The monoisotopic (exact) mass is 426 g/mol. The molecule has 0 aromatic heterocycles. The molecule has 2 aliphatic rings. The van der Waals surface area contributed by atoms with Crippen LogP contribution in [0.15, 0.2) is 46.9 Å². The summed E-state index contributed by atoms with van der Waals surface area (Å²) in [5, 5.41) is 0. The number of aldehydes is 1. The zero-order valence-electron chi connectivity index (χ0n) is 18.9. The van der Waals surface area contributed by atoms with Crippen molar-refractivity contribution < 1.29 is 28.6 Å². The van der Waals surface area contributed by atoms with Gasteiger partial charge in [0.05, 0.1) is 14.2 Å². The van der Waals surface area contributed by atoms with Crippen LogP contribution < -0.4 is 0 Å². The highest BCUT2D eigenvalue weighted by atomic mass is 16.5. The number of carbonyl (C=O) groups is 3. The average molecular weight is 426 g/mol. The topological polar surface area (TPSA) is 78.9 Å². The number of methoxy groups -OCH3 is 2. The standard InChI is InChI=1S/C19H20O5.C5H11BO/c1-12-15(17(22)19(24-3)18(23-2)16(12)21)11-14-7-4-6-13(10-14)8-5-9-20;1-6-2-4-7-5-3-6/h4,6-7,9-10H,5,8,11H2,1-3H3;2-5H2,1H3. The molecule has 0 atom stereocenters. The molecule has 0 saturated carbocycles. The molecule has 3 rings (SSSR count). The molecule has 0 radical (unpaired) electrons. The van der Waals surface area contributed by atoms with E-state index in [1.165, 1.54) is 26.9 Å². The van der Waals surface area contributed by atoms with Crippen LogP contribution in [0.2, 0.25) is 19.5 Å². The third kappa shape index (κ3) is 6.66. The van der Waals surface area contributed by atoms with Crippen LogP contribution in [0.1, 0.15) is 24.5 Å². The van der Waals surface area contributed by atoms with Gasteiger partial charge in [-0.15, -0.1) is 0 Å². The number of aryl methyl sites for hydroxylation is 1. The van der Waals surface area contributed by atoms with Crippen LogP contribution in [-0.4, -0.2) is 52.0 Å². The van der Waals surface area contributed by atoms with E-state index in [1.54, 1.807) is 6.92 Å². The summed E-state index contributed by atoms with van der Waals surface area (Å²) >= 11 is 0. The number of hydrogen-bond acceptors (Lipinski definition) is 6. The van der Waals surface area contributed by atoms with E-state index in [-0.39, 0.29) is 23.1 Å². The van der Waals surface area contributed by atoms with Crippen LogP contribution in [0.3, 0.4) is 0 Å². The molecule has 0 unspecified atom stereocenters. The van der Waals surface area contributed by atoms with Crippen molar-refractivity contribution in [3.63, 3.8) is 0 Å². The Morgan fingerprint density at radius 2 is 1.65 bits per heavy atom. The Labute approximate surface area is 184 Å². The SMILES string of the molecule is CB1CCOCC1.COC1=C(OC)C(=O)C(Cc2cccc(CCC=O)c2)=C(C)C1=O. The van der Waals surface area contributed by atoms with Crippen molar-refractivity contribution in [2.75, 3.05) is 27.4 Å². The molecule has 1 aromatic carbocycles. The van der Waals surface area contributed by atoms with Gasteiger partial charge >= 0.3 is 0 Å². The third-order valence-electron chi connectivity index (χ3n) is 5.53. The number of ketones is 2. The maximum Gasteiger partial charge on any atom is 0.228 e. The van der Waals surface area contributed by atoms with Gasteiger partial charge in [0.1, 0.15) is 13.0 Å². The molecule has 0 bridgehead atoms. The zero-order chi connectivity index (χ0) is 22.8. The molecular weight excluding hydrogens is 395 g/mol. The van der Waals surface area contributed by atoms with E-state index in [0.717, 1.165) is 37.3 Å². The lowest BCUT2D eigenvalue weighted by atomic mass is 9.47. The molecule has 1 saturated heterocycles. The third-order valence-corrected chi connectivity index (χ3v) is 5.53. The number of carbonyl (C=O) groups excluding carboxylic acids is 3. The highest BCUT2D eigenvalue weighted by Gasteiger charge is 2.34. The smallest absolute Gasteiger partial charge is 0.228 e. The molecule has 0 spiro atoms. The highest BCUT2D eigenvalue weighted by Crippen LogP contribution is 2.28. The summed E-state index contributed by atoms with van der Waals surface area (Å²) in [4.78, 5) is 35.5. The van der Waals surface area contributed by atoms with Gasteiger partial charge in [0, 0.05) is 37.2 Å². The van der Waals surface area contributed by atoms with E-state index in [9.17, 15) is 14.4 Å². The number of ether oxygens (including phenoxy) is 3. The molecule has 1 aliphatic heterocycles. The van der Waals surface area contributed by atoms with Gasteiger partial charge < -0.3 is 19.0 Å². The number of Topliss-reactive ketones (excluding diaryl/α,β-unsaturated/α-hetero) is 2. The van der Waals surface area contributed by atoms with E-state index in [2.05, 4.69) is 6.82 Å². The van der Waals surface area contributed by atoms with Crippen LogP contribution in [0.4, 0.5) is 0 Å². The Bertz CT molecular complexity index is 865. The molecule has 6 nitrogen and oxygen atoms in total. The lowest BCUT2D eigenvalue weighted by molar-refractivity contribution is -0.121. The van der Waals surface area contributed by atoms with Crippen LogP contribution in [0.5, 0.6) is 0 Å². The van der Waals surface area contributed by atoms with Gasteiger partial charge in [-0.2, -0.15) is 0 Å². The van der Waals surface area contributed by atoms with Crippen molar-refractivity contribution in [3.8, 4) is 0 Å². The van der Waals surface area contributed by atoms with Crippen molar-refractivity contribution in [2.24, 2.45) is 0 Å². The number of allylic oxidation sites excluding steroid dienone is 2. The van der Waals surface area contributed by atoms with Crippen molar-refractivity contribution in [3.05, 3.63) is 58.1 Å². The Morgan fingerprint density at radius 3 is 2.19 bits per heavy atom. The summed E-state index contributed by atoms with van der Waals surface area (Å²) in [5.41, 5.74) is 2.71. The van der Waals surface area contributed by atoms with Gasteiger partial charge in [-0.05, 0) is 24.5 Å². The minimum absolute atomic E-state index is 0.0523. The lowest BCUT2D eigenvalue weighted by Crippen LogP contribution is -2.26. The van der Waals surface area contributed by atoms with Gasteiger partial charge in [0.15, 0.2) is 0 Å². The normalized spacial score (nSPS) is 16.7. The van der Waals surface area contributed by atoms with Gasteiger partial charge in [-0.1, -0.05) is 43.7 Å². The molecule has 0 amide bonds. The van der Waals surface area contributed by atoms with Gasteiger partial charge in [0.2, 0.25) is 23.1 Å². The fraction of sp³-hybridized carbons (Fsp3) is 0.458. The minimum atomic E-state index is -0.332. The summed E-state index contributed by atoms with van der Waals surface area (Å²) in [6.07, 6.45) is 4.84. The summed E-state index contributed by atoms with van der Waals surface area (Å²) in [6.45, 7) is 6.79. The second-order valence-electron chi connectivity index (χ2n) is 7.83. The number of benzene rings is 1. The molecule has 166 valence electrons. The maximum atomic E-state index is 12.6. The fourth-order valence-corrected chi connectivity index (χ4v) is 3.54. The summed E-state index contributed by atoms with van der Waals surface area (Å²) < 4.78 is 15.2. The van der Waals surface area contributed by atoms with Crippen molar-refractivity contribution >= 4 is 24.6 Å². The quantitative estimate of drug-likeness (QED) is 0.378. The Hall–Kier alpha value is -2.67. The molecule has 31 heavy (non-hydrogen) atoms.